The van der Waals surface area contributed by atoms with Crippen molar-refractivity contribution < 1.29 is 9.52 Å². The molecule has 28 heavy (non-hydrogen) atoms. The molecule has 0 saturated carbocycles. The third kappa shape index (κ3) is 3.30. The van der Waals surface area contributed by atoms with E-state index in [-0.39, 0.29) is 29.2 Å². The van der Waals surface area contributed by atoms with Gasteiger partial charge in [-0.05, 0) is 38.0 Å². The van der Waals surface area contributed by atoms with Crippen LogP contribution in [0.3, 0.4) is 0 Å². The number of rotatable bonds is 4. The Bertz CT molecular complexity index is 1260. The van der Waals surface area contributed by atoms with Gasteiger partial charge >= 0.3 is 5.63 Å². The standard InChI is InChI=1S/C20H18N4O4/c1-4-7-24-19(26)15(10-21)12(3)18(20(24)27)23-22-13-5-6-14-11(2)8-17(25)28-16(14)9-13/h5-6,8-9,26H,4,7H2,1-3H3. The number of nitriles is 1. The molecule has 1 aromatic carbocycles. The van der Waals surface area contributed by atoms with Crippen molar-refractivity contribution >= 4 is 22.3 Å². The van der Waals surface area contributed by atoms with E-state index in [9.17, 15) is 20.0 Å². The van der Waals surface area contributed by atoms with Crippen LogP contribution in [0.2, 0.25) is 0 Å². The second kappa shape index (κ2) is 7.48. The van der Waals surface area contributed by atoms with Gasteiger partial charge in [-0.2, -0.15) is 10.4 Å². The second-order valence-electron chi connectivity index (χ2n) is 6.37. The van der Waals surface area contributed by atoms with E-state index in [4.69, 9.17) is 4.42 Å². The number of aromatic hydroxyl groups is 1. The molecule has 2 heterocycles. The smallest absolute Gasteiger partial charge is 0.336 e. The van der Waals surface area contributed by atoms with Crippen LogP contribution in [0.4, 0.5) is 11.4 Å². The zero-order chi connectivity index (χ0) is 20.4. The quantitative estimate of drug-likeness (QED) is 0.544. The van der Waals surface area contributed by atoms with Crippen molar-refractivity contribution in [2.45, 2.75) is 33.7 Å². The average Bonchev–Trinajstić information content (AvgIpc) is 2.65. The van der Waals surface area contributed by atoms with Crippen LogP contribution in [-0.4, -0.2) is 9.67 Å². The number of hydrogen-bond donors (Lipinski definition) is 1. The van der Waals surface area contributed by atoms with E-state index < -0.39 is 11.2 Å². The minimum Gasteiger partial charge on any atom is -0.493 e. The Morgan fingerprint density at radius 2 is 1.96 bits per heavy atom. The van der Waals surface area contributed by atoms with Crippen LogP contribution in [0.5, 0.6) is 5.88 Å². The highest BCUT2D eigenvalue weighted by Crippen LogP contribution is 2.28. The first-order valence-electron chi connectivity index (χ1n) is 8.70. The molecule has 0 spiro atoms. The third-order valence-electron chi connectivity index (χ3n) is 4.42. The second-order valence-corrected chi connectivity index (χ2v) is 6.37. The highest BCUT2D eigenvalue weighted by molar-refractivity contribution is 5.82. The Morgan fingerprint density at radius 1 is 1.21 bits per heavy atom. The molecule has 0 fully saturated rings. The zero-order valence-electron chi connectivity index (χ0n) is 15.7. The summed E-state index contributed by atoms with van der Waals surface area (Å²) in [6, 6.07) is 8.30. The summed E-state index contributed by atoms with van der Waals surface area (Å²) >= 11 is 0. The van der Waals surface area contributed by atoms with E-state index in [1.54, 1.807) is 25.1 Å². The van der Waals surface area contributed by atoms with Crippen molar-refractivity contribution in [3.05, 3.63) is 61.7 Å². The Kier molecular flexibility index (Phi) is 5.09. The molecular formula is C20H18N4O4. The molecule has 2 aromatic heterocycles. The summed E-state index contributed by atoms with van der Waals surface area (Å²) in [7, 11) is 0. The molecule has 1 N–H and O–H groups in total. The maximum atomic E-state index is 12.7. The highest BCUT2D eigenvalue weighted by atomic mass is 16.4. The van der Waals surface area contributed by atoms with Crippen LogP contribution in [0.15, 0.2) is 48.5 Å². The molecule has 3 rings (SSSR count). The molecule has 0 radical (unpaired) electrons. The van der Waals surface area contributed by atoms with Gasteiger partial charge in [-0.15, -0.1) is 5.11 Å². The van der Waals surface area contributed by atoms with Crippen LogP contribution in [0.25, 0.3) is 11.0 Å². The summed E-state index contributed by atoms with van der Waals surface area (Å²) in [4.78, 5) is 24.2. The molecule has 0 bridgehead atoms. The van der Waals surface area contributed by atoms with Crippen molar-refractivity contribution in [1.29, 1.82) is 5.26 Å². The van der Waals surface area contributed by atoms with Crippen LogP contribution in [-0.2, 0) is 6.54 Å². The Morgan fingerprint density at radius 3 is 2.64 bits per heavy atom. The minimum atomic E-state index is -0.525. The highest BCUT2D eigenvalue weighted by Gasteiger charge is 2.18. The molecule has 0 aliphatic carbocycles. The lowest BCUT2D eigenvalue weighted by Gasteiger charge is -2.11. The summed E-state index contributed by atoms with van der Waals surface area (Å²) < 4.78 is 6.30. The Hall–Kier alpha value is -3.73. The van der Waals surface area contributed by atoms with Crippen LogP contribution in [0, 0.1) is 25.2 Å². The van der Waals surface area contributed by atoms with Gasteiger partial charge in [-0.3, -0.25) is 9.36 Å². The lowest BCUT2D eigenvalue weighted by atomic mass is 10.1. The molecule has 0 saturated heterocycles. The topological polar surface area (TPSA) is 121 Å². The fourth-order valence-electron chi connectivity index (χ4n) is 2.97. The van der Waals surface area contributed by atoms with E-state index in [2.05, 4.69) is 10.2 Å². The van der Waals surface area contributed by atoms with Gasteiger partial charge in [-0.1, -0.05) is 6.92 Å². The van der Waals surface area contributed by atoms with Crippen LogP contribution in [0.1, 0.15) is 30.0 Å². The van der Waals surface area contributed by atoms with Gasteiger partial charge in [0.2, 0.25) is 5.88 Å². The fourth-order valence-corrected chi connectivity index (χ4v) is 2.97. The zero-order valence-corrected chi connectivity index (χ0v) is 15.7. The summed E-state index contributed by atoms with van der Waals surface area (Å²) in [6.07, 6.45) is 0.598. The molecule has 0 atom stereocenters. The first kappa shape index (κ1) is 19.0. The van der Waals surface area contributed by atoms with E-state index in [0.717, 1.165) is 15.5 Å². The Balaban J connectivity index is 2.13. The lowest BCUT2D eigenvalue weighted by Crippen LogP contribution is -2.21. The fraction of sp³-hybridized carbons (Fsp3) is 0.250. The molecular weight excluding hydrogens is 360 g/mol. The number of fused-ring (bicyclic) bond motifs is 1. The van der Waals surface area contributed by atoms with Gasteiger partial charge in [0.15, 0.2) is 5.69 Å². The summed E-state index contributed by atoms with van der Waals surface area (Å²) in [5.74, 6) is -0.367. The number of nitrogens with zero attached hydrogens (tertiary/aromatic N) is 4. The molecule has 142 valence electrons. The van der Waals surface area contributed by atoms with Crippen molar-refractivity contribution in [2.24, 2.45) is 10.2 Å². The first-order chi connectivity index (χ1) is 13.4. The van der Waals surface area contributed by atoms with Crippen LogP contribution < -0.4 is 11.2 Å². The van der Waals surface area contributed by atoms with E-state index in [0.29, 0.717) is 17.7 Å². The number of aromatic nitrogens is 1. The minimum absolute atomic E-state index is 0.0119. The predicted octanol–water partition coefficient (Wildman–Crippen LogP) is 3.97. The number of pyridine rings is 1. The summed E-state index contributed by atoms with van der Waals surface area (Å²) in [5, 5.41) is 28.4. The van der Waals surface area contributed by atoms with E-state index >= 15 is 0 Å². The van der Waals surface area contributed by atoms with Gasteiger partial charge in [0, 0.05) is 29.6 Å². The maximum absolute atomic E-state index is 12.7. The summed E-state index contributed by atoms with van der Waals surface area (Å²) in [6.45, 7) is 5.44. The van der Waals surface area contributed by atoms with Crippen molar-refractivity contribution in [3.63, 3.8) is 0 Å². The Labute approximate surface area is 160 Å². The van der Waals surface area contributed by atoms with Gasteiger partial charge in [0.25, 0.3) is 5.56 Å². The summed E-state index contributed by atoms with van der Waals surface area (Å²) in [5.41, 5.74) is 0.765. The molecule has 0 unspecified atom stereocenters. The van der Waals surface area contributed by atoms with Crippen molar-refractivity contribution in [3.8, 4) is 11.9 Å². The van der Waals surface area contributed by atoms with E-state index in [1.165, 1.54) is 13.0 Å². The van der Waals surface area contributed by atoms with Crippen molar-refractivity contribution in [2.75, 3.05) is 0 Å². The number of hydrogen-bond acceptors (Lipinski definition) is 7. The molecule has 3 aromatic rings. The molecule has 0 aliphatic heterocycles. The van der Waals surface area contributed by atoms with Crippen LogP contribution >= 0.6 is 0 Å². The number of aryl methyl sites for hydroxylation is 1. The molecule has 0 aliphatic rings. The van der Waals surface area contributed by atoms with Gasteiger partial charge in [-0.25, -0.2) is 4.79 Å². The normalized spacial score (nSPS) is 11.2. The average molecular weight is 378 g/mol. The predicted molar refractivity (Wildman–Crippen MR) is 104 cm³/mol. The number of azo groups is 1. The molecule has 0 amide bonds. The molecule has 8 nitrogen and oxygen atoms in total. The van der Waals surface area contributed by atoms with Gasteiger partial charge in [0.1, 0.15) is 17.2 Å². The first-order valence-corrected chi connectivity index (χ1v) is 8.70. The van der Waals surface area contributed by atoms with E-state index in [1.807, 2.05) is 13.0 Å². The van der Waals surface area contributed by atoms with Crippen molar-refractivity contribution in [1.82, 2.24) is 4.57 Å². The SMILES string of the molecule is CCCn1c(O)c(C#N)c(C)c(N=Nc2ccc3c(C)cc(=O)oc3c2)c1=O. The lowest BCUT2D eigenvalue weighted by molar-refractivity contribution is 0.402. The largest absolute Gasteiger partial charge is 0.493 e. The number of benzene rings is 1. The monoisotopic (exact) mass is 378 g/mol. The van der Waals surface area contributed by atoms with Gasteiger partial charge < -0.3 is 9.52 Å². The molecule has 8 heteroatoms. The third-order valence-corrected chi connectivity index (χ3v) is 4.42. The van der Waals surface area contributed by atoms with Gasteiger partial charge in [0.05, 0.1) is 5.69 Å². The maximum Gasteiger partial charge on any atom is 0.336 e.